The highest BCUT2D eigenvalue weighted by Gasteiger charge is 2.29. The summed E-state index contributed by atoms with van der Waals surface area (Å²) in [5.74, 6) is -1.43. The molecule has 3 N–H and O–H groups in total. The predicted molar refractivity (Wildman–Crippen MR) is 78.2 cm³/mol. The van der Waals surface area contributed by atoms with Gasteiger partial charge in [-0.05, 0) is 39.3 Å². The van der Waals surface area contributed by atoms with Gasteiger partial charge in [0.05, 0.1) is 38.3 Å². The molecule has 0 radical (unpaired) electrons. The summed E-state index contributed by atoms with van der Waals surface area (Å²) in [5, 5.41) is 37.3. The second-order valence-corrected chi connectivity index (χ2v) is 5.34. The molecule has 6 heteroatoms. The summed E-state index contributed by atoms with van der Waals surface area (Å²) in [7, 11) is 0. The first-order valence-corrected chi connectivity index (χ1v) is 7.58. The quantitative estimate of drug-likeness (QED) is 0.568. The Bertz CT molecular complexity index is 334. The third-order valence-electron chi connectivity index (χ3n) is 4.49. The Hall–Kier alpha value is -0.950. The van der Waals surface area contributed by atoms with Crippen LogP contribution in [-0.2, 0) is 4.79 Å². The normalized spacial score (nSPS) is 25.7. The Labute approximate surface area is 126 Å². The largest absolute Gasteiger partial charge is 0.545 e. The summed E-state index contributed by atoms with van der Waals surface area (Å²) < 4.78 is 1.28. The van der Waals surface area contributed by atoms with E-state index in [9.17, 15) is 9.90 Å². The Morgan fingerprint density at radius 3 is 1.81 bits per heavy atom. The van der Waals surface area contributed by atoms with Crippen LogP contribution in [0.4, 0.5) is 0 Å². The molecule has 0 spiro atoms. The summed E-state index contributed by atoms with van der Waals surface area (Å²) >= 11 is 0. The smallest absolute Gasteiger partial charge is 0.110 e. The number of quaternary nitrogens is 1. The van der Waals surface area contributed by atoms with Crippen LogP contribution in [0, 0.1) is 0 Å². The first-order valence-electron chi connectivity index (χ1n) is 7.58. The fourth-order valence-corrected chi connectivity index (χ4v) is 2.44. The van der Waals surface area contributed by atoms with Crippen molar-refractivity contribution in [3.05, 3.63) is 11.6 Å². The topological polar surface area (TPSA) is 101 Å². The predicted octanol–water partition coefficient (Wildman–Crippen LogP) is -0.968. The van der Waals surface area contributed by atoms with Crippen molar-refractivity contribution in [3.8, 4) is 0 Å². The van der Waals surface area contributed by atoms with Crippen LogP contribution in [0.2, 0.25) is 0 Å². The average Bonchev–Trinajstić information content (AvgIpc) is 2.48. The lowest BCUT2D eigenvalue weighted by Crippen LogP contribution is -2.47. The molecule has 1 aliphatic rings. The molecule has 0 aliphatic heterocycles. The molecule has 0 heterocycles. The highest BCUT2D eigenvalue weighted by Crippen LogP contribution is 2.18. The number of carboxylic acid groups (broad SMARTS) is 1. The molecule has 0 saturated carbocycles. The van der Waals surface area contributed by atoms with Crippen molar-refractivity contribution >= 4 is 5.97 Å². The number of aliphatic carboxylic acids is 1. The van der Waals surface area contributed by atoms with E-state index in [4.69, 9.17) is 15.3 Å². The molecule has 0 fully saturated rings. The number of carboxylic acids is 1. The molecule has 0 amide bonds. The van der Waals surface area contributed by atoms with E-state index in [0.717, 1.165) is 6.08 Å². The second kappa shape index (κ2) is 9.15. The van der Waals surface area contributed by atoms with E-state index >= 15 is 0 Å². The van der Waals surface area contributed by atoms with E-state index in [0.29, 0.717) is 0 Å². The van der Waals surface area contributed by atoms with Crippen molar-refractivity contribution in [3.63, 3.8) is 0 Å². The number of rotatable bonds is 5. The van der Waals surface area contributed by atoms with Crippen LogP contribution < -0.4 is 5.11 Å². The highest BCUT2D eigenvalue weighted by molar-refractivity contribution is 5.85. The van der Waals surface area contributed by atoms with Gasteiger partial charge < -0.3 is 29.7 Å². The minimum Gasteiger partial charge on any atom is -0.545 e. The van der Waals surface area contributed by atoms with Gasteiger partial charge >= 0.3 is 0 Å². The molecular weight excluding hydrogens is 274 g/mol. The van der Waals surface area contributed by atoms with E-state index in [-0.39, 0.29) is 12.0 Å². The molecule has 0 aromatic heterocycles. The zero-order valence-electron chi connectivity index (χ0n) is 13.5. The zero-order chi connectivity index (χ0) is 16.6. The van der Waals surface area contributed by atoms with E-state index < -0.39 is 24.3 Å². The maximum atomic E-state index is 10.3. The third kappa shape index (κ3) is 5.74. The van der Waals surface area contributed by atoms with Crippen LogP contribution >= 0.6 is 0 Å². The van der Waals surface area contributed by atoms with Crippen LogP contribution in [-0.4, -0.2) is 70.3 Å². The van der Waals surface area contributed by atoms with Crippen LogP contribution in [0.25, 0.3) is 0 Å². The van der Waals surface area contributed by atoms with Gasteiger partial charge in [0.15, 0.2) is 0 Å². The molecule has 0 aromatic rings. The lowest BCUT2D eigenvalue weighted by atomic mass is 9.92. The first kappa shape index (κ1) is 20.1. The van der Waals surface area contributed by atoms with Crippen molar-refractivity contribution < 1.29 is 29.7 Å². The van der Waals surface area contributed by atoms with Crippen LogP contribution in [0.5, 0.6) is 0 Å². The molecule has 1 aliphatic carbocycles. The number of hydrogen-bond acceptors (Lipinski definition) is 5. The maximum Gasteiger partial charge on any atom is 0.110 e. The zero-order valence-corrected chi connectivity index (χ0v) is 13.5. The number of carbonyl (C=O) groups excluding carboxylic acids is 1. The van der Waals surface area contributed by atoms with Crippen LogP contribution in [0.3, 0.4) is 0 Å². The van der Waals surface area contributed by atoms with Crippen molar-refractivity contribution in [2.24, 2.45) is 0 Å². The summed E-state index contributed by atoms with van der Waals surface area (Å²) in [5.41, 5.74) is -0.180. The fourth-order valence-electron chi connectivity index (χ4n) is 2.44. The molecule has 0 saturated heterocycles. The maximum absolute atomic E-state index is 10.3. The van der Waals surface area contributed by atoms with Crippen molar-refractivity contribution in [1.82, 2.24) is 0 Å². The first-order chi connectivity index (χ1) is 9.76. The van der Waals surface area contributed by atoms with Gasteiger partial charge in [-0.15, -0.1) is 0 Å². The molecule has 3 atom stereocenters. The summed E-state index contributed by atoms with van der Waals surface area (Å²) in [6.45, 7) is 14.2. The summed E-state index contributed by atoms with van der Waals surface area (Å²) in [4.78, 5) is 10.3. The highest BCUT2D eigenvalue weighted by atomic mass is 16.4. The van der Waals surface area contributed by atoms with Gasteiger partial charge in [-0.2, -0.15) is 0 Å². The Morgan fingerprint density at radius 1 is 1.14 bits per heavy atom. The van der Waals surface area contributed by atoms with E-state index in [1.54, 1.807) is 0 Å². The molecular formula is C15H29NO5. The van der Waals surface area contributed by atoms with Gasteiger partial charge in [-0.3, -0.25) is 0 Å². The average molecular weight is 303 g/mol. The third-order valence-corrected chi connectivity index (χ3v) is 4.49. The van der Waals surface area contributed by atoms with Gasteiger partial charge in [0.2, 0.25) is 0 Å². The van der Waals surface area contributed by atoms with Crippen LogP contribution in [0.15, 0.2) is 11.6 Å². The Morgan fingerprint density at radius 2 is 1.57 bits per heavy atom. The summed E-state index contributed by atoms with van der Waals surface area (Å²) in [6.07, 6.45) is -3.10. The number of aliphatic hydroxyl groups is 3. The SMILES string of the molecule is CC[N+](CC)(CC)CC.O=C([O-])C1=CC(O)C(O)C(O)C1. The van der Waals surface area contributed by atoms with Gasteiger partial charge in [0.1, 0.15) is 12.2 Å². The standard InChI is InChI=1S/C8H20N.C7H10O5/c1-5-9(6-2,7-3)8-4;8-4-1-3(7(11)12)2-5(9)6(4)10/h5-8H2,1-4H3;1,4-6,8-10H,2H2,(H,11,12)/q+1;/p-1. The van der Waals surface area contributed by atoms with Gasteiger partial charge in [-0.25, -0.2) is 0 Å². The van der Waals surface area contributed by atoms with Gasteiger partial charge in [-0.1, -0.05) is 0 Å². The van der Waals surface area contributed by atoms with Crippen molar-refractivity contribution in [1.29, 1.82) is 0 Å². The molecule has 3 unspecified atom stereocenters. The van der Waals surface area contributed by atoms with Crippen LogP contribution in [0.1, 0.15) is 34.1 Å². The number of carbonyl (C=O) groups is 1. The number of hydrogen-bond donors (Lipinski definition) is 3. The minimum atomic E-state index is -1.43. The molecule has 124 valence electrons. The lowest BCUT2D eigenvalue weighted by molar-refractivity contribution is -0.921. The number of nitrogens with zero attached hydrogens (tertiary/aromatic N) is 1. The lowest BCUT2D eigenvalue weighted by Gasteiger charge is -2.34. The Kier molecular flexibility index (Phi) is 8.73. The van der Waals surface area contributed by atoms with E-state index in [1.807, 2.05) is 0 Å². The molecule has 0 aromatic carbocycles. The second-order valence-electron chi connectivity index (χ2n) is 5.34. The monoisotopic (exact) mass is 303 g/mol. The molecule has 6 nitrogen and oxygen atoms in total. The number of aliphatic hydroxyl groups excluding tert-OH is 3. The molecule has 0 bridgehead atoms. The van der Waals surface area contributed by atoms with Gasteiger partial charge in [0, 0.05) is 6.42 Å². The van der Waals surface area contributed by atoms with E-state index in [1.165, 1.54) is 30.7 Å². The van der Waals surface area contributed by atoms with Crippen molar-refractivity contribution in [2.75, 3.05) is 26.2 Å². The Balaban J connectivity index is 0.000000400. The summed E-state index contributed by atoms with van der Waals surface area (Å²) in [6, 6.07) is 0. The minimum absolute atomic E-state index is 0.180. The van der Waals surface area contributed by atoms with Gasteiger partial charge in [0.25, 0.3) is 0 Å². The van der Waals surface area contributed by atoms with E-state index in [2.05, 4.69) is 27.7 Å². The fraction of sp³-hybridized carbons (Fsp3) is 0.800. The van der Waals surface area contributed by atoms with Crippen molar-refractivity contribution in [2.45, 2.75) is 52.4 Å². The molecule has 21 heavy (non-hydrogen) atoms. The molecule has 1 rings (SSSR count).